The van der Waals surface area contributed by atoms with Crippen LogP contribution in [-0.2, 0) is 4.79 Å². The molecule has 0 fully saturated rings. The van der Waals surface area contributed by atoms with Crippen LogP contribution in [0.3, 0.4) is 0 Å². The van der Waals surface area contributed by atoms with Gasteiger partial charge in [-0.25, -0.2) is 0 Å². The fourth-order valence-electron chi connectivity index (χ4n) is 3.66. The van der Waals surface area contributed by atoms with Gasteiger partial charge in [0.2, 0.25) is 5.91 Å². The first-order valence-corrected chi connectivity index (χ1v) is 11.1. The van der Waals surface area contributed by atoms with Crippen LogP contribution in [0.15, 0.2) is 84.0 Å². The van der Waals surface area contributed by atoms with Gasteiger partial charge in [-0.15, -0.1) is 11.6 Å². The third-order valence-electron chi connectivity index (χ3n) is 5.26. The Bertz CT molecular complexity index is 1520. The van der Waals surface area contributed by atoms with Crippen molar-refractivity contribution in [3.05, 3.63) is 95.1 Å². The van der Waals surface area contributed by atoms with E-state index in [0.717, 1.165) is 27.5 Å². The normalized spacial score (nSPS) is 11.5. The Kier molecular flexibility index (Phi) is 6.85. The largest absolute Gasteiger partial charge is 0.362 e. The first-order valence-electron chi connectivity index (χ1n) is 10.5. The maximum atomic E-state index is 13.1. The van der Waals surface area contributed by atoms with Crippen molar-refractivity contribution < 1.29 is 4.79 Å². The summed E-state index contributed by atoms with van der Waals surface area (Å²) in [6.45, 7) is 1.88. The van der Waals surface area contributed by atoms with Crippen molar-refractivity contribution in [3.8, 4) is 5.69 Å². The van der Waals surface area contributed by atoms with Gasteiger partial charge in [0.1, 0.15) is 0 Å². The molecule has 0 aliphatic carbocycles. The first-order chi connectivity index (χ1) is 16.5. The number of carbonyl (C=O) groups is 1. The number of alkyl halides is 1. The number of rotatable bonds is 7. The number of halogens is 1. The molecule has 34 heavy (non-hydrogen) atoms. The first kappa shape index (κ1) is 22.9. The van der Waals surface area contributed by atoms with E-state index in [2.05, 4.69) is 15.6 Å². The number of nitrogens with zero attached hydrogens (tertiary/aromatic N) is 2. The van der Waals surface area contributed by atoms with Crippen molar-refractivity contribution in [2.24, 2.45) is 0 Å². The van der Waals surface area contributed by atoms with Crippen LogP contribution in [0.5, 0.6) is 0 Å². The summed E-state index contributed by atoms with van der Waals surface area (Å²) in [6.07, 6.45) is 9.10. The molecule has 0 radical (unpaired) electrons. The quantitative estimate of drug-likeness (QED) is 0.150. The lowest BCUT2D eigenvalue weighted by Crippen LogP contribution is -2.18. The molecule has 0 unspecified atom stereocenters. The van der Waals surface area contributed by atoms with Gasteiger partial charge in [0.25, 0.3) is 5.56 Å². The molecule has 7 nitrogen and oxygen atoms in total. The fraction of sp³-hybridized carbons (Fsp3) is 0.0769. The summed E-state index contributed by atoms with van der Waals surface area (Å²) >= 11 is 5.62. The van der Waals surface area contributed by atoms with Gasteiger partial charge in [-0.2, -0.15) is 0 Å². The average Bonchev–Trinajstić information content (AvgIpc) is 2.84. The molecule has 0 atom stereocenters. The SMILES string of the molecule is Cc1ccc(-n2c(=O)ccc3cnc4ccc(N/C=C\C=N)cc4c32)cc1NC(=O)/C=C/CCl. The molecule has 1 amide bonds. The second-order valence-corrected chi connectivity index (χ2v) is 7.82. The number of benzene rings is 2. The number of hydrogen-bond donors (Lipinski definition) is 3. The van der Waals surface area contributed by atoms with E-state index in [-0.39, 0.29) is 17.3 Å². The Morgan fingerprint density at radius 3 is 2.82 bits per heavy atom. The molecule has 8 heteroatoms. The van der Waals surface area contributed by atoms with Gasteiger partial charge in [0, 0.05) is 58.8 Å². The van der Waals surface area contributed by atoms with Crippen LogP contribution in [0.4, 0.5) is 11.4 Å². The van der Waals surface area contributed by atoms with Crippen molar-refractivity contribution in [2.75, 3.05) is 16.5 Å². The highest BCUT2D eigenvalue weighted by molar-refractivity contribution is 6.19. The number of aryl methyl sites for hydroxylation is 1. The molecule has 4 aromatic rings. The van der Waals surface area contributed by atoms with E-state index < -0.39 is 0 Å². The molecule has 0 aliphatic heterocycles. The number of anilines is 2. The minimum Gasteiger partial charge on any atom is -0.362 e. The van der Waals surface area contributed by atoms with Gasteiger partial charge in [-0.05, 0) is 55.0 Å². The summed E-state index contributed by atoms with van der Waals surface area (Å²) < 4.78 is 1.63. The number of amides is 1. The maximum absolute atomic E-state index is 13.1. The number of allylic oxidation sites excluding steroid dienone is 2. The molecular weight excluding hydrogens is 450 g/mol. The van der Waals surface area contributed by atoms with E-state index in [1.54, 1.807) is 41.2 Å². The number of fused-ring (bicyclic) bond motifs is 3. The Hall–Kier alpha value is -4.23. The van der Waals surface area contributed by atoms with Crippen LogP contribution in [0.25, 0.3) is 27.5 Å². The van der Waals surface area contributed by atoms with E-state index in [1.165, 1.54) is 18.4 Å². The summed E-state index contributed by atoms with van der Waals surface area (Å²) in [4.78, 5) is 29.9. The molecular formula is C26H22ClN5O2. The second kappa shape index (κ2) is 10.1. The fourth-order valence-corrected chi connectivity index (χ4v) is 3.75. The molecule has 2 aromatic carbocycles. The van der Waals surface area contributed by atoms with Gasteiger partial charge in [-0.3, -0.25) is 19.1 Å². The zero-order chi connectivity index (χ0) is 24.1. The van der Waals surface area contributed by atoms with Crippen LogP contribution < -0.4 is 16.2 Å². The second-order valence-electron chi connectivity index (χ2n) is 7.52. The minimum absolute atomic E-state index is 0.203. The number of carbonyl (C=O) groups excluding carboxylic acids is 1. The Morgan fingerprint density at radius 1 is 1.18 bits per heavy atom. The number of aromatic nitrogens is 2. The molecule has 2 heterocycles. The molecule has 0 bridgehead atoms. The lowest BCUT2D eigenvalue weighted by Gasteiger charge is -2.15. The molecule has 0 spiro atoms. The van der Waals surface area contributed by atoms with E-state index in [4.69, 9.17) is 17.0 Å². The number of pyridine rings is 2. The Morgan fingerprint density at radius 2 is 2.03 bits per heavy atom. The maximum Gasteiger partial charge on any atom is 0.255 e. The van der Waals surface area contributed by atoms with E-state index in [0.29, 0.717) is 16.9 Å². The van der Waals surface area contributed by atoms with Gasteiger partial charge < -0.3 is 16.0 Å². The average molecular weight is 472 g/mol. The predicted molar refractivity (Wildman–Crippen MR) is 140 cm³/mol. The lowest BCUT2D eigenvalue weighted by molar-refractivity contribution is -0.111. The summed E-state index contributed by atoms with van der Waals surface area (Å²) in [5.41, 5.74) is 4.12. The topological polar surface area (TPSA) is 99.9 Å². The Labute approximate surface area is 200 Å². The van der Waals surface area contributed by atoms with Gasteiger partial charge in [0.05, 0.1) is 16.7 Å². The standard InChI is InChI=1S/C26H22ClN5O2/c1-17-5-8-20(15-23(17)31-24(33)4-2-11-27)32-25(34)10-6-18-16-30-22-9-7-19(29-13-3-12-28)14-21(22)26(18)32/h2-10,12-16,28-29H,11H2,1H3,(H,31,33)/b4-2+,13-3-,28-12?. The van der Waals surface area contributed by atoms with Crippen LogP contribution in [0.1, 0.15) is 5.56 Å². The summed E-state index contributed by atoms with van der Waals surface area (Å²) in [7, 11) is 0. The van der Waals surface area contributed by atoms with Crippen molar-refractivity contribution in [1.29, 1.82) is 5.41 Å². The van der Waals surface area contributed by atoms with E-state index >= 15 is 0 Å². The van der Waals surface area contributed by atoms with Crippen LogP contribution in [-0.4, -0.2) is 27.6 Å². The summed E-state index contributed by atoms with van der Waals surface area (Å²) in [5, 5.41) is 14.7. The van der Waals surface area contributed by atoms with Crippen molar-refractivity contribution >= 4 is 56.9 Å². The molecule has 0 saturated carbocycles. The lowest BCUT2D eigenvalue weighted by atomic mass is 10.1. The monoisotopic (exact) mass is 471 g/mol. The zero-order valence-corrected chi connectivity index (χ0v) is 19.1. The highest BCUT2D eigenvalue weighted by atomic mass is 35.5. The molecule has 170 valence electrons. The van der Waals surface area contributed by atoms with Crippen LogP contribution in [0, 0.1) is 12.3 Å². The zero-order valence-electron chi connectivity index (χ0n) is 18.4. The molecule has 2 aromatic heterocycles. The molecule has 3 N–H and O–H groups in total. The van der Waals surface area contributed by atoms with Crippen LogP contribution >= 0.6 is 11.6 Å². The smallest absolute Gasteiger partial charge is 0.255 e. The highest BCUT2D eigenvalue weighted by Gasteiger charge is 2.13. The van der Waals surface area contributed by atoms with Gasteiger partial charge >= 0.3 is 0 Å². The third-order valence-corrected chi connectivity index (χ3v) is 5.43. The van der Waals surface area contributed by atoms with E-state index in [9.17, 15) is 9.59 Å². The molecule has 0 aliphatic rings. The predicted octanol–water partition coefficient (Wildman–Crippen LogP) is 5.16. The van der Waals surface area contributed by atoms with Gasteiger partial charge in [0.15, 0.2) is 0 Å². The minimum atomic E-state index is -0.297. The van der Waals surface area contributed by atoms with Crippen molar-refractivity contribution in [1.82, 2.24) is 9.55 Å². The number of nitrogens with one attached hydrogen (secondary N) is 3. The third kappa shape index (κ3) is 4.74. The number of hydrogen-bond acceptors (Lipinski definition) is 5. The summed E-state index contributed by atoms with van der Waals surface area (Å²) in [5.74, 6) is -0.0537. The molecule has 0 saturated heterocycles. The summed E-state index contributed by atoms with van der Waals surface area (Å²) in [6, 6.07) is 14.4. The molecule has 4 rings (SSSR count). The van der Waals surface area contributed by atoms with Crippen molar-refractivity contribution in [3.63, 3.8) is 0 Å². The van der Waals surface area contributed by atoms with Crippen LogP contribution in [0.2, 0.25) is 0 Å². The Balaban J connectivity index is 1.91. The highest BCUT2D eigenvalue weighted by Crippen LogP contribution is 2.28. The van der Waals surface area contributed by atoms with Gasteiger partial charge in [-0.1, -0.05) is 12.1 Å². The van der Waals surface area contributed by atoms with E-state index in [1.807, 2.05) is 37.3 Å². The van der Waals surface area contributed by atoms with Crippen molar-refractivity contribution in [2.45, 2.75) is 6.92 Å².